The number of aryl methyl sites for hydroxylation is 1. The Balaban J connectivity index is 1.73. The molecule has 1 aliphatic heterocycles. The molecule has 8 heteroatoms. The maximum absolute atomic E-state index is 13.6. The van der Waals surface area contributed by atoms with Crippen LogP contribution in [0.1, 0.15) is 36.7 Å². The molecular weight excluding hydrogens is 347 g/mol. The number of tetrazole rings is 1. The fraction of sp³-hybridized carbons (Fsp3) is 0.579. The second kappa shape index (κ2) is 9.03. The summed E-state index contributed by atoms with van der Waals surface area (Å²) in [5.41, 5.74) is 0.757. The van der Waals surface area contributed by atoms with Crippen molar-refractivity contribution in [1.82, 2.24) is 30.4 Å². The summed E-state index contributed by atoms with van der Waals surface area (Å²) in [5, 5.41) is 14.8. The Hall–Kier alpha value is -2.35. The first-order chi connectivity index (χ1) is 13.1. The average molecular weight is 374 g/mol. The van der Waals surface area contributed by atoms with E-state index in [1.165, 1.54) is 12.1 Å². The van der Waals surface area contributed by atoms with Crippen molar-refractivity contribution in [1.29, 1.82) is 0 Å². The number of hydrogen-bond acceptors (Lipinski definition) is 5. The van der Waals surface area contributed by atoms with Gasteiger partial charge in [-0.3, -0.25) is 4.79 Å². The molecule has 7 nitrogen and oxygen atoms in total. The summed E-state index contributed by atoms with van der Waals surface area (Å²) in [5.74, 6) is 0.922. The minimum Gasteiger partial charge on any atom is -0.341 e. The van der Waals surface area contributed by atoms with Gasteiger partial charge >= 0.3 is 0 Å². The fourth-order valence-electron chi connectivity index (χ4n) is 3.69. The predicted octanol–water partition coefficient (Wildman–Crippen LogP) is 1.75. The number of halogens is 1. The number of carbonyl (C=O) groups is 1. The molecule has 1 saturated heterocycles. The third-order valence-corrected chi connectivity index (χ3v) is 5.28. The van der Waals surface area contributed by atoms with Crippen LogP contribution in [0, 0.1) is 18.7 Å². The molecule has 1 N–H and O–H groups in total. The number of hydrogen-bond donors (Lipinski definition) is 1. The van der Waals surface area contributed by atoms with Gasteiger partial charge in [-0.15, -0.1) is 5.10 Å². The molecule has 0 saturated carbocycles. The standard InChI is InChI=1S/C19H27FN6O/c1-14-22-23-24-26(14)18(13-16-4-3-5-17(20)12-16)19(27)25-10-7-15(8-11-25)6-9-21-2/h3-5,12,15,18,21H,6-11,13H2,1-2H3. The van der Waals surface area contributed by atoms with Gasteiger partial charge in [-0.1, -0.05) is 12.1 Å². The minimum absolute atomic E-state index is 0.00160. The lowest BCUT2D eigenvalue weighted by Crippen LogP contribution is -2.43. The first-order valence-corrected chi connectivity index (χ1v) is 9.50. The van der Waals surface area contributed by atoms with Crippen LogP contribution < -0.4 is 5.32 Å². The Bertz CT molecular complexity index is 756. The monoisotopic (exact) mass is 374 g/mol. The van der Waals surface area contributed by atoms with Crippen molar-refractivity contribution in [2.24, 2.45) is 5.92 Å². The lowest BCUT2D eigenvalue weighted by Gasteiger charge is -2.34. The quantitative estimate of drug-likeness (QED) is 0.799. The van der Waals surface area contributed by atoms with Crippen LogP contribution in [0.25, 0.3) is 0 Å². The molecule has 0 bridgehead atoms. The number of rotatable bonds is 7. The zero-order chi connectivity index (χ0) is 19.2. The largest absolute Gasteiger partial charge is 0.341 e. The summed E-state index contributed by atoms with van der Waals surface area (Å²) >= 11 is 0. The van der Waals surface area contributed by atoms with Gasteiger partial charge in [0.2, 0.25) is 5.91 Å². The molecule has 1 amide bonds. The molecule has 0 radical (unpaired) electrons. The van der Waals surface area contributed by atoms with E-state index < -0.39 is 6.04 Å². The van der Waals surface area contributed by atoms with E-state index in [0.29, 0.717) is 18.2 Å². The van der Waals surface area contributed by atoms with Crippen LogP contribution in [0.2, 0.25) is 0 Å². The van der Waals surface area contributed by atoms with Crippen LogP contribution >= 0.6 is 0 Å². The second-order valence-corrected chi connectivity index (χ2v) is 7.18. The molecule has 1 unspecified atom stereocenters. The van der Waals surface area contributed by atoms with Gasteiger partial charge in [0.15, 0.2) is 0 Å². The van der Waals surface area contributed by atoms with E-state index in [1.807, 2.05) is 18.0 Å². The fourth-order valence-corrected chi connectivity index (χ4v) is 3.69. The van der Waals surface area contributed by atoms with Crippen molar-refractivity contribution in [2.45, 2.75) is 38.6 Å². The topological polar surface area (TPSA) is 75.9 Å². The zero-order valence-electron chi connectivity index (χ0n) is 15.9. The molecule has 0 spiro atoms. The van der Waals surface area contributed by atoms with Gasteiger partial charge in [-0.2, -0.15) is 0 Å². The second-order valence-electron chi connectivity index (χ2n) is 7.18. The van der Waals surface area contributed by atoms with E-state index >= 15 is 0 Å². The van der Waals surface area contributed by atoms with Crippen molar-refractivity contribution < 1.29 is 9.18 Å². The Morgan fingerprint density at radius 3 is 2.78 bits per heavy atom. The van der Waals surface area contributed by atoms with E-state index in [2.05, 4.69) is 20.8 Å². The minimum atomic E-state index is -0.560. The van der Waals surface area contributed by atoms with Crippen molar-refractivity contribution in [3.8, 4) is 0 Å². The lowest BCUT2D eigenvalue weighted by molar-refractivity contribution is -0.136. The molecule has 2 heterocycles. The van der Waals surface area contributed by atoms with Crippen molar-refractivity contribution in [3.05, 3.63) is 41.5 Å². The highest BCUT2D eigenvalue weighted by atomic mass is 19.1. The number of aromatic nitrogens is 4. The van der Waals surface area contributed by atoms with Gasteiger partial charge in [-0.05, 0) is 73.8 Å². The van der Waals surface area contributed by atoms with E-state index in [0.717, 1.165) is 44.5 Å². The Kier molecular flexibility index (Phi) is 6.49. The van der Waals surface area contributed by atoms with Crippen molar-refractivity contribution >= 4 is 5.91 Å². The maximum atomic E-state index is 13.6. The van der Waals surface area contributed by atoms with Gasteiger partial charge in [-0.25, -0.2) is 9.07 Å². The van der Waals surface area contributed by atoms with Crippen LogP contribution in [0.4, 0.5) is 4.39 Å². The van der Waals surface area contributed by atoms with E-state index in [9.17, 15) is 9.18 Å². The first kappa shape index (κ1) is 19.4. The van der Waals surface area contributed by atoms with Crippen LogP contribution in [0.5, 0.6) is 0 Å². The molecule has 1 fully saturated rings. The van der Waals surface area contributed by atoms with E-state index in [1.54, 1.807) is 17.7 Å². The highest BCUT2D eigenvalue weighted by molar-refractivity contribution is 5.80. The van der Waals surface area contributed by atoms with Crippen LogP contribution in [0.3, 0.4) is 0 Å². The summed E-state index contributed by atoms with van der Waals surface area (Å²) in [6.07, 6.45) is 3.52. The van der Waals surface area contributed by atoms with Crippen LogP contribution in [-0.4, -0.2) is 57.7 Å². The lowest BCUT2D eigenvalue weighted by atomic mass is 9.93. The molecule has 2 aromatic rings. The summed E-state index contributed by atoms with van der Waals surface area (Å²) in [4.78, 5) is 15.2. The Morgan fingerprint density at radius 2 is 2.15 bits per heavy atom. The third kappa shape index (κ3) is 4.88. The van der Waals surface area contributed by atoms with Crippen LogP contribution in [0.15, 0.2) is 24.3 Å². The summed E-state index contributed by atoms with van der Waals surface area (Å²) < 4.78 is 15.1. The SMILES string of the molecule is CNCCC1CCN(C(=O)C(Cc2cccc(F)c2)n2nnnc2C)CC1. The smallest absolute Gasteiger partial charge is 0.247 e. The third-order valence-electron chi connectivity index (χ3n) is 5.28. The number of carbonyl (C=O) groups excluding carboxylic acids is 1. The van der Waals surface area contributed by atoms with E-state index in [4.69, 9.17) is 0 Å². The molecule has 1 atom stereocenters. The number of amides is 1. The molecule has 146 valence electrons. The van der Waals surface area contributed by atoms with Crippen LogP contribution in [-0.2, 0) is 11.2 Å². The van der Waals surface area contributed by atoms with Crippen molar-refractivity contribution in [3.63, 3.8) is 0 Å². The number of piperidine rings is 1. The Morgan fingerprint density at radius 1 is 1.37 bits per heavy atom. The number of nitrogens with zero attached hydrogens (tertiary/aromatic N) is 5. The van der Waals surface area contributed by atoms with Gasteiger partial charge < -0.3 is 10.2 Å². The van der Waals surface area contributed by atoms with Gasteiger partial charge in [0, 0.05) is 19.5 Å². The molecule has 1 aliphatic rings. The zero-order valence-corrected chi connectivity index (χ0v) is 15.9. The highest BCUT2D eigenvalue weighted by Crippen LogP contribution is 2.24. The first-order valence-electron chi connectivity index (χ1n) is 9.50. The normalized spacial score (nSPS) is 16.5. The van der Waals surface area contributed by atoms with Gasteiger partial charge in [0.25, 0.3) is 0 Å². The van der Waals surface area contributed by atoms with Gasteiger partial charge in [0.1, 0.15) is 17.7 Å². The molecule has 27 heavy (non-hydrogen) atoms. The molecule has 1 aromatic carbocycles. The summed E-state index contributed by atoms with van der Waals surface area (Å²) in [6.45, 7) is 4.27. The summed E-state index contributed by atoms with van der Waals surface area (Å²) in [7, 11) is 1.96. The van der Waals surface area contributed by atoms with E-state index in [-0.39, 0.29) is 11.7 Å². The average Bonchev–Trinajstić information content (AvgIpc) is 3.10. The maximum Gasteiger partial charge on any atom is 0.247 e. The molecule has 0 aliphatic carbocycles. The van der Waals surface area contributed by atoms with Gasteiger partial charge in [0.05, 0.1) is 0 Å². The van der Waals surface area contributed by atoms with Crippen molar-refractivity contribution in [2.75, 3.05) is 26.7 Å². The Labute approximate surface area is 158 Å². The molecule has 3 rings (SSSR count). The summed E-state index contributed by atoms with van der Waals surface area (Å²) in [6, 6.07) is 5.79. The predicted molar refractivity (Wildman–Crippen MR) is 99.5 cm³/mol. The highest BCUT2D eigenvalue weighted by Gasteiger charge is 2.31. The number of benzene rings is 1. The molecular formula is C19H27FN6O. The number of nitrogens with one attached hydrogen (secondary N) is 1. The number of likely N-dealkylation sites (tertiary alicyclic amines) is 1. The molecule has 1 aromatic heterocycles.